The van der Waals surface area contributed by atoms with Crippen LogP contribution in [0.15, 0.2) is 48.5 Å². The number of hydrogen-bond donors (Lipinski definition) is 0. The van der Waals surface area contributed by atoms with Crippen LogP contribution in [0.2, 0.25) is 5.02 Å². The van der Waals surface area contributed by atoms with Crippen molar-refractivity contribution >= 4 is 23.5 Å². The van der Waals surface area contributed by atoms with Crippen molar-refractivity contribution in [1.29, 1.82) is 0 Å². The molecule has 0 radical (unpaired) electrons. The van der Waals surface area contributed by atoms with Crippen molar-refractivity contribution in [2.45, 2.75) is 32.7 Å². The lowest BCUT2D eigenvalue weighted by Gasteiger charge is -2.30. The second kappa shape index (κ2) is 8.79. The van der Waals surface area contributed by atoms with Crippen LogP contribution in [0.25, 0.3) is 0 Å². The monoisotopic (exact) mass is 448 g/mol. The molecule has 0 N–H and O–H groups in total. The molecule has 1 aromatic heterocycles. The Morgan fingerprint density at radius 2 is 1.75 bits per heavy atom. The molecule has 1 amide bonds. The highest BCUT2D eigenvalue weighted by Crippen LogP contribution is 2.33. The molecule has 0 unspecified atom stereocenters. The molecular formula is C25H25ClN4O2. The van der Waals surface area contributed by atoms with E-state index in [0.29, 0.717) is 41.9 Å². The van der Waals surface area contributed by atoms with Gasteiger partial charge < -0.3 is 14.5 Å². The first-order valence-corrected chi connectivity index (χ1v) is 11.4. The van der Waals surface area contributed by atoms with Gasteiger partial charge in [-0.1, -0.05) is 41.4 Å². The smallest absolute Gasteiger partial charge is 0.255 e. The van der Waals surface area contributed by atoms with E-state index in [-0.39, 0.29) is 5.91 Å². The zero-order valence-electron chi connectivity index (χ0n) is 18.1. The van der Waals surface area contributed by atoms with E-state index >= 15 is 0 Å². The van der Waals surface area contributed by atoms with Gasteiger partial charge in [-0.2, -0.15) is 4.98 Å². The van der Waals surface area contributed by atoms with Crippen molar-refractivity contribution in [3.8, 4) is 11.6 Å². The zero-order chi connectivity index (χ0) is 22.1. The molecule has 7 heteroatoms. The highest BCUT2D eigenvalue weighted by molar-refractivity contribution is 6.33. The van der Waals surface area contributed by atoms with E-state index in [9.17, 15) is 4.79 Å². The van der Waals surface area contributed by atoms with E-state index in [1.165, 1.54) is 0 Å². The minimum atomic E-state index is -0.0915. The van der Waals surface area contributed by atoms with Crippen LogP contribution in [-0.2, 0) is 13.0 Å². The summed E-state index contributed by atoms with van der Waals surface area (Å²) in [4.78, 5) is 26.8. The average molecular weight is 449 g/mol. The van der Waals surface area contributed by atoms with E-state index < -0.39 is 0 Å². The number of halogens is 1. The molecule has 0 spiro atoms. The third-order valence-electron chi connectivity index (χ3n) is 6.03. The number of carbonyl (C=O) groups is 1. The molecule has 1 saturated heterocycles. The molecule has 3 heterocycles. The number of aryl methyl sites for hydroxylation is 1. The SMILES string of the molecule is Cc1ccc(Oc2nc(N3CCCC3)nc3c2CN(C(=O)c2ccccc2Cl)CC3)cc1. The Kier molecular flexibility index (Phi) is 5.70. The third kappa shape index (κ3) is 4.15. The molecule has 1 fully saturated rings. The zero-order valence-corrected chi connectivity index (χ0v) is 18.8. The standard InChI is InChI=1S/C25H25ClN4O2/c1-17-8-10-18(11-9-17)32-23-20-16-30(24(31)19-6-2-3-7-21(19)26)15-12-22(20)27-25(28-23)29-13-4-5-14-29/h2-3,6-11H,4-5,12-16H2,1H3. The van der Waals surface area contributed by atoms with E-state index in [2.05, 4.69) is 4.90 Å². The van der Waals surface area contributed by atoms with Crippen LogP contribution < -0.4 is 9.64 Å². The third-order valence-corrected chi connectivity index (χ3v) is 6.36. The second-order valence-corrected chi connectivity index (χ2v) is 8.73. The summed E-state index contributed by atoms with van der Waals surface area (Å²) in [7, 11) is 0. The van der Waals surface area contributed by atoms with Gasteiger partial charge in [0.05, 0.1) is 28.4 Å². The van der Waals surface area contributed by atoms with Crippen LogP contribution in [0.3, 0.4) is 0 Å². The van der Waals surface area contributed by atoms with Gasteiger partial charge in [-0.3, -0.25) is 4.79 Å². The van der Waals surface area contributed by atoms with E-state index in [4.69, 9.17) is 26.3 Å². The predicted molar refractivity (Wildman–Crippen MR) is 125 cm³/mol. The van der Waals surface area contributed by atoms with Gasteiger partial charge in [0.25, 0.3) is 5.91 Å². The molecule has 32 heavy (non-hydrogen) atoms. The van der Waals surface area contributed by atoms with Gasteiger partial charge >= 0.3 is 0 Å². The van der Waals surface area contributed by atoms with Crippen LogP contribution in [0.5, 0.6) is 11.6 Å². The number of amides is 1. The molecule has 2 aliphatic rings. The maximum absolute atomic E-state index is 13.2. The lowest BCUT2D eigenvalue weighted by atomic mass is 10.1. The quantitative estimate of drug-likeness (QED) is 0.560. The van der Waals surface area contributed by atoms with Crippen LogP contribution in [0.1, 0.15) is 40.0 Å². The molecule has 2 aromatic carbocycles. The Hall–Kier alpha value is -3.12. The molecule has 0 atom stereocenters. The Labute approximate surface area is 192 Å². The maximum Gasteiger partial charge on any atom is 0.255 e. The van der Waals surface area contributed by atoms with Crippen molar-refractivity contribution in [2.24, 2.45) is 0 Å². The first-order valence-electron chi connectivity index (χ1n) is 11.0. The van der Waals surface area contributed by atoms with Gasteiger partial charge in [-0.05, 0) is 44.0 Å². The molecule has 5 rings (SSSR count). The van der Waals surface area contributed by atoms with Crippen LogP contribution in [-0.4, -0.2) is 40.4 Å². The number of carbonyl (C=O) groups excluding carboxylic acids is 1. The minimum absolute atomic E-state index is 0.0915. The summed E-state index contributed by atoms with van der Waals surface area (Å²) >= 11 is 6.28. The molecular weight excluding hydrogens is 424 g/mol. The lowest BCUT2D eigenvalue weighted by Crippen LogP contribution is -2.37. The van der Waals surface area contributed by atoms with Gasteiger partial charge in [0.15, 0.2) is 0 Å². The summed E-state index contributed by atoms with van der Waals surface area (Å²) in [6, 6.07) is 15.1. The fraction of sp³-hybridized carbons (Fsp3) is 0.320. The summed E-state index contributed by atoms with van der Waals surface area (Å²) in [5, 5.41) is 0.458. The van der Waals surface area contributed by atoms with Gasteiger partial charge in [-0.25, -0.2) is 4.98 Å². The number of benzene rings is 2. The van der Waals surface area contributed by atoms with Gasteiger partial charge in [-0.15, -0.1) is 0 Å². The number of rotatable bonds is 4. The predicted octanol–water partition coefficient (Wildman–Crippen LogP) is 5.03. The highest BCUT2D eigenvalue weighted by atomic mass is 35.5. The number of hydrogen-bond acceptors (Lipinski definition) is 5. The normalized spacial score (nSPS) is 15.6. The highest BCUT2D eigenvalue weighted by Gasteiger charge is 2.29. The average Bonchev–Trinajstić information content (AvgIpc) is 3.35. The summed E-state index contributed by atoms with van der Waals surface area (Å²) < 4.78 is 6.25. The second-order valence-electron chi connectivity index (χ2n) is 8.32. The summed E-state index contributed by atoms with van der Waals surface area (Å²) in [6.07, 6.45) is 2.95. The minimum Gasteiger partial charge on any atom is -0.438 e. The Balaban J connectivity index is 1.49. The molecule has 164 valence electrons. The molecule has 0 saturated carbocycles. The van der Waals surface area contributed by atoms with Crippen molar-refractivity contribution in [3.63, 3.8) is 0 Å². The largest absolute Gasteiger partial charge is 0.438 e. The van der Waals surface area contributed by atoms with Crippen molar-refractivity contribution in [1.82, 2.24) is 14.9 Å². The van der Waals surface area contributed by atoms with E-state index in [0.717, 1.165) is 48.5 Å². The summed E-state index contributed by atoms with van der Waals surface area (Å²) in [5.41, 5.74) is 3.48. The van der Waals surface area contributed by atoms with Crippen LogP contribution in [0, 0.1) is 6.92 Å². The Bertz CT molecular complexity index is 1140. The number of ether oxygens (including phenoxy) is 1. The first-order chi connectivity index (χ1) is 15.6. The maximum atomic E-state index is 13.2. The fourth-order valence-electron chi connectivity index (χ4n) is 4.21. The number of aromatic nitrogens is 2. The number of fused-ring (bicyclic) bond motifs is 1. The lowest BCUT2D eigenvalue weighted by molar-refractivity contribution is 0.0732. The van der Waals surface area contributed by atoms with Crippen molar-refractivity contribution in [2.75, 3.05) is 24.5 Å². The fourth-order valence-corrected chi connectivity index (χ4v) is 4.43. The van der Waals surface area contributed by atoms with Gasteiger partial charge in [0.2, 0.25) is 11.8 Å². The van der Waals surface area contributed by atoms with Crippen molar-refractivity contribution in [3.05, 3.63) is 75.9 Å². The first kappa shape index (κ1) is 20.8. The molecule has 6 nitrogen and oxygen atoms in total. The summed E-state index contributed by atoms with van der Waals surface area (Å²) in [5.74, 6) is 1.87. The number of anilines is 1. The van der Waals surface area contributed by atoms with E-state index in [1.54, 1.807) is 17.0 Å². The molecule has 3 aromatic rings. The van der Waals surface area contributed by atoms with E-state index in [1.807, 2.05) is 43.3 Å². The van der Waals surface area contributed by atoms with Crippen LogP contribution in [0.4, 0.5) is 5.95 Å². The molecule has 0 bridgehead atoms. The Morgan fingerprint density at radius 1 is 1.00 bits per heavy atom. The van der Waals surface area contributed by atoms with Crippen LogP contribution >= 0.6 is 11.6 Å². The summed E-state index contributed by atoms with van der Waals surface area (Å²) in [6.45, 7) is 4.93. The Morgan fingerprint density at radius 3 is 2.50 bits per heavy atom. The molecule has 0 aliphatic carbocycles. The number of nitrogens with zero attached hydrogens (tertiary/aromatic N) is 4. The van der Waals surface area contributed by atoms with Gasteiger partial charge in [0.1, 0.15) is 5.75 Å². The molecule has 2 aliphatic heterocycles. The van der Waals surface area contributed by atoms with Gasteiger partial charge in [0, 0.05) is 26.1 Å². The topological polar surface area (TPSA) is 58.6 Å². The van der Waals surface area contributed by atoms with Crippen molar-refractivity contribution < 1.29 is 9.53 Å².